The van der Waals surface area contributed by atoms with E-state index in [1.807, 2.05) is 36.4 Å². The van der Waals surface area contributed by atoms with Crippen LogP contribution in [0, 0.1) is 11.3 Å². The zero-order valence-electron chi connectivity index (χ0n) is 14.7. The third-order valence-electron chi connectivity index (χ3n) is 4.18. The number of amides is 1. The second kappa shape index (κ2) is 8.79. The molecule has 1 amide bonds. The van der Waals surface area contributed by atoms with Crippen molar-refractivity contribution in [3.63, 3.8) is 0 Å². The van der Waals surface area contributed by atoms with E-state index < -0.39 is 0 Å². The minimum absolute atomic E-state index is 0.0113. The van der Waals surface area contributed by atoms with Crippen molar-refractivity contribution in [1.29, 1.82) is 5.26 Å². The van der Waals surface area contributed by atoms with Gasteiger partial charge >= 0.3 is 0 Å². The highest BCUT2D eigenvalue weighted by atomic mass is 16.2. The van der Waals surface area contributed by atoms with E-state index in [2.05, 4.69) is 13.0 Å². The lowest BCUT2D eigenvalue weighted by atomic mass is 10.0. The van der Waals surface area contributed by atoms with Gasteiger partial charge in [0.15, 0.2) is 5.78 Å². The lowest BCUT2D eigenvalue weighted by Gasteiger charge is -2.17. The first kappa shape index (κ1) is 18.4. The summed E-state index contributed by atoms with van der Waals surface area (Å²) in [4.78, 5) is 26.0. The Bertz CT molecular complexity index is 771. The zero-order valence-corrected chi connectivity index (χ0v) is 14.7. The molecule has 0 aliphatic rings. The second-order valence-corrected chi connectivity index (χ2v) is 6.03. The van der Waals surface area contributed by atoms with Crippen LogP contribution in [0.5, 0.6) is 0 Å². The van der Waals surface area contributed by atoms with Crippen molar-refractivity contribution < 1.29 is 9.59 Å². The summed E-state index contributed by atoms with van der Waals surface area (Å²) in [6.07, 6.45) is 1.34. The molecule has 0 aliphatic heterocycles. The van der Waals surface area contributed by atoms with E-state index >= 15 is 0 Å². The molecule has 0 heterocycles. The molecule has 0 unspecified atom stereocenters. The lowest BCUT2D eigenvalue weighted by Crippen LogP contribution is -2.26. The van der Waals surface area contributed by atoms with Crippen LogP contribution in [0.15, 0.2) is 48.5 Å². The summed E-state index contributed by atoms with van der Waals surface area (Å²) in [5, 5.41) is 8.80. The maximum Gasteiger partial charge on any atom is 0.223 e. The van der Waals surface area contributed by atoms with Crippen molar-refractivity contribution in [3.05, 3.63) is 70.8 Å². The number of carbonyl (C=O) groups excluding carboxylic acids is 2. The van der Waals surface area contributed by atoms with Crippen molar-refractivity contribution in [1.82, 2.24) is 4.90 Å². The Kier molecular flexibility index (Phi) is 6.47. The van der Waals surface area contributed by atoms with Gasteiger partial charge in [-0.1, -0.05) is 43.3 Å². The number of nitriles is 1. The summed E-state index contributed by atoms with van der Waals surface area (Å²) >= 11 is 0. The van der Waals surface area contributed by atoms with E-state index in [1.54, 1.807) is 24.1 Å². The maximum absolute atomic E-state index is 12.2. The Hall–Kier alpha value is -2.93. The van der Waals surface area contributed by atoms with Crippen LogP contribution in [0.25, 0.3) is 0 Å². The molecule has 0 spiro atoms. The molecule has 128 valence electrons. The maximum atomic E-state index is 12.2. The summed E-state index contributed by atoms with van der Waals surface area (Å²) < 4.78 is 0. The highest BCUT2D eigenvalue weighted by Gasteiger charge is 2.13. The van der Waals surface area contributed by atoms with Crippen LogP contribution in [0.1, 0.15) is 46.8 Å². The van der Waals surface area contributed by atoms with Crippen molar-refractivity contribution in [3.8, 4) is 6.07 Å². The van der Waals surface area contributed by atoms with Gasteiger partial charge < -0.3 is 4.90 Å². The van der Waals surface area contributed by atoms with E-state index in [0.717, 1.165) is 12.0 Å². The molecule has 2 aromatic carbocycles. The van der Waals surface area contributed by atoms with E-state index in [1.165, 1.54) is 5.56 Å². The normalized spacial score (nSPS) is 10.1. The van der Waals surface area contributed by atoms with Crippen LogP contribution >= 0.6 is 0 Å². The number of aryl methyl sites for hydroxylation is 1. The number of carbonyl (C=O) groups is 2. The fourth-order valence-corrected chi connectivity index (χ4v) is 2.53. The van der Waals surface area contributed by atoms with Crippen LogP contribution < -0.4 is 0 Å². The fourth-order valence-electron chi connectivity index (χ4n) is 2.53. The van der Waals surface area contributed by atoms with E-state index in [4.69, 9.17) is 5.26 Å². The number of Topliss-reactive ketones (excluding diaryl/α,β-unsaturated/α-hetero) is 1. The van der Waals surface area contributed by atoms with Crippen LogP contribution in [-0.2, 0) is 17.8 Å². The minimum atomic E-state index is -0.0668. The third-order valence-corrected chi connectivity index (χ3v) is 4.18. The van der Waals surface area contributed by atoms with Gasteiger partial charge in [0.25, 0.3) is 0 Å². The van der Waals surface area contributed by atoms with Crippen LogP contribution in [0.2, 0.25) is 0 Å². The second-order valence-electron chi connectivity index (χ2n) is 6.03. The van der Waals surface area contributed by atoms with Gasteiger partial charge in [0.2, 0.25) is 5.91 Å². The van der Waals surface area contributed by atoms with Gasteiger partial charge in [0.05, 0.1) is 11.6 Å². The minimum Gasteiger partial charge on any atom is -0.341 e. The summed E-state index contributed by atoms with van der Waals surface area (Å²) in [5.74, 6) is -0.0781. The molecule has 0 aromatic heterocycles. The van der Waals surface area contributed by atoms with E-state index in [0.29, 0.717) is 17.7 Å². The molecule has 0 aliphatic carbocycles. The first-order valence-corrected chi connectivity index (χ1v) is 8.38. The molecule has 0 saturated heterocycles. The van der Waals surface area contributed by atoms with Gasteiger partial charge in [-0.25, -0.2) is 0 Å². The van der Waals surface area contributed by atoms with Gasteiger partial charge in [-0.05, 0) is 29.7 Å². The molecule has 25 heavy (non-hydrogen) atoms. The van der Waals surface area contributed by atoms with E-state index in [-0.39, 0.29) is 24.5 Å². The van der Waals surface area contributed by atoms with Crippen LogP contribution in [-0.4, -0.2) is 23.6 Å². The predicted molar refractivity (Wildman–Crippen MR) is 97.0 cm³/mol. The van der Waals surface area contributed by atoms with Crippen molar-refractivity contribution in [2.45, 2.75) is 32.7 Å². The number of rotatable bonds is 7. The molecule has 0 fully saturated rings. The summed E-state index contributed by atoms with van der Waals surface area (Å²) in [6, 6.07) is 16.8. The predicted octanol–water partition coefficient (Wildman–Crippen LogP) is 3.74. The molecule has 4 nitrogen and oxygen atoms in total. The first-order valence-electron chi connectivity index (χ1n) is 8.38. The number of hydrogen-bond acceptors (Lipinski definition) is 3. The Balaban J connectivity index is 1.85. The largest absolute Gasteiger partial charge is 0.341 e. The average molecular weight is 334 g/mol. The van der Waals surface area contributed by atoms with Crippen molar-refractivity contribution in [2.75, 3.05) is 7.05 Å². The topological polar surface area (TPSA) is 61.2 Å². The quantitative estimate of drug-likeness (QED) is 0.725. The third kappa shape index (κ3) is 5.29. The Labute approximate surface area is 148 Å². The summed E-state index contributed by atoms with van der Waals surface area (Å²) in [6.45, 7) is 2.53. The number of ketones is 1. The van der Waals surface area contributed by atoms with Gasteiger partial charge in [0, 0.05) is 32.0 Å². The van der Waals surface area contributed by atoms with Gasteiger partial charge in [0.1, 0.15) is 0 Å². The average Bonchev–Trinajstić information content (AvgIpc) is 2.66. The molecular formula is C21H22N2O2. The first-order chi connectivity index (χ1) is 12.0. The molecule has 4 heteroatoms. The SMILES string of the molecule is CCc1ccc(C(=O)CCC(=O)N(C)Cc2ccc(C#N)cc2)cc1. The molecule has 2 rings (SSSR count). The standard InChI is InChI=1S/C21H22N2O2/c1-3-16-8-10-19(11-9-16)20(24)12-13-21(25)23(2)15-18-6-4-17(14-22)5-7-18/h4-11H,3,12-13,15H2,1-2H3. The highest BCUT2D eigenvalue weighted by molar-refractivity contribution is 5.97. The Morgan fingerprint density at radius 3 is 2.12 bits per heavy atom. The van der Waals surface area contributed by atoms with Crippen molar-refractivity contribution in [2.24, 2.45) is 0 Å². The Morgan fingerprint density at radius 2 is 1.56 bits per heavy atom. The highest BCUT2D eigenvalue weighted by Crippen LogP contribution is 2.11. The van der Waals surface area contributed by atoms with E-state index in [9.17, 15) is 9.59 Å². The molecule has 2 aromatic rings. The van der Waals surface area contributed by atoms with Crippen LogP contribution in [0.3, 0.4) is 0 Å². The Morgan fingerprint density at radius 1 is 0.960 bits per heavy atom. The number of nitrogens with zero attached hydrogens (tertiary/aromatic N) is 2. The molecule has 0 bridgehead atoms. The lowest BCUT2D eigenvalue weighted by molar-refractivity contribution is -0.130. The van der Waals surface area contributed by atoms with Gasteiger partial charge in [-0.3, -0.25) is 9.59 Å². The molecule has 0 radical (unpaired) electrons. The summed E-state index contributed by atoms with van der Waals surface area (Å²) in [5.41, 5.74) is 3.39. The van der Waals surface area contributed by atoms with Crippen LogP contribution in [0.4, 0.5) is 0 Å². The van der Waals surface area contributed by atoms with Gasteiger partial charge in [-0.15, -0.1) is 0 Å². The zero-order chi connectivity index (χ0) is 18.2. The fraction of sp³-hybridized carbons (Fsp3) is 0.286. The summed E-state index contributed by atoms with van der Waals surface area (Å²) in [7, 11) is 1.72. The smallest absolute Gasteiger partial charge is 0.223 e. The molecular weight excluding hydrogens is 312 g/mol. The van der Waals surface area contributed by atoms with Crippen molar-refractivity contribution >= 4 is 11.7 Å². The molecule has 0 saturated carbocycles. The molecule has 0 N–H and O–H groups in total. The van der Waals surface area contributed by atoms with Gasteiger partial charge in [-0.2, -0.15) is 5.26 Å². The number of hydrogen-bond donors (Lipinski definition) is 0. The monoisotopic (exact) mass is 334 g/mol. The number of benzene rings is 2. The molecule has 0 atom stereocenters.